The number of anilines is 4. The molecule has 2 saturated heterocycles. The van der Waals surface area contributed by atoms with E-state index < -0.39 is 5.91 Å². The first-order chi connectivity index (χ1) is 24.3. The van der Waals surface area contributed by atoms with E-state index >= 15 is 0 Å². The molecule has 3 fully saturated rings. The fourth-order valence-electron chi connectivity index (χ4n) is 7.10. The number of pyridine rings is 1. The van der Waals surface area contributed by atoms with Crippen molar-refractivity contribution in [3.63, 3.8) is 0 Å². The third-order valence-electron chi connectivity index (χ3n) is 9.83. The number of nitrogens with one attached hydrogen (secondary N) is 3. The van der Waals surface area contributed by atoms with Gasteiger partial charge >= 0.3 is 0 Å². The van der Waals surface area contributed by atoms with E-state index in [0.29, 0.717) is 29.6 Å². The second-order valence-corrected chi connectivity index (χ2v) is 13.8. The number of hydrogen-bond acceptors (Lipinski definition) is 10. The predicted molar refractivity (Wildman–Crippen MR) is 189 cm³/mol. The van der Waals surface area contributed by atoms with Crippen LogP contribution in [0.3, 0.4) is 0 Å². The molecular formula is C35H38ClN11O3. The molecule has 1 aliphatic carbocycles. The summed E-state index contributed by atoms with van der Waals surface area (Å²) in [7, 11) is 3.54. The van der Waals surface area contributed by atoms with Gasteiger partial charge in [-0.1, -0.05) is 29.8 Å². The van der Waals surface area contributed by atoms with Gasteiger partial charge in [-0.05, 0) is 43.9 Å². The van der Waals surface area contributed by atoms with Crippen molar-refractivity contribution in [2.75, 3.05) is 55.8 Å². The maximum Gasteiger partial charge on any atom is 0.273 e. The van der Waals surface area contributed by atoms with E-state index in [4.69, 9.17) is 21.7 Å². The number of carbonyl (C=O) groups excluding carboxylic acids is 3. The number of nitrogens with zero attached hydrogens (tertiary/aromatic N) is 8. The van der Waals surface area contributed by atoms with Gasteiger partial charge in [-0.2, -0.15) is 5.10 Å². The number of hydrogen-bond donors (Lipinski definition) is 3. The number of likely N-dealkylation sites (tertiary alicyclic amines) is 2. The smallest absolute Gasteiger partial charge is 0.273 e. The number of benzene rings is 1. The van der Waals surface area contributed by atoms with Crippen LogP contribution in [0.15, 0.2) is 42.5 Å². The lowest BCUT2D eigenvalue weighted by atomic mass is 9.97. The molecule has 258 valence electrons. The molecule has 6 heterocycles. The Morgan fingerprint density at radius 2 is 1.78 bits per heavy atom. The molecule has 8 rings (SSSR count). The van der Waals surface area contributed by atoms with Gasteiger partial charge in [-0.15, -0.1) is 10.2 Å². The number of halogens is 1. The Labute approximate surface area is 294 Å². The first-order valence-electron chi connectivity index (χ1n) is 17.0. The Balaban J connectivity index is 1.01. The fourth-order valence-corrected chi connectivity index (χ4v) is 7.39. The van der Waals surface area contributed by atoms with E-state index in [1.165, 1.54) is 7.05 Å². The highest BCUT2D eigenvalue weighted by atomic mass is 35.5. The van der Waals surface area contributed by atoms with Crippen molar-refractivity contribution in [1.82, 2.24) is 40.1 Å². The summed E-state index contributed by atoms with van der Waals surface area (Å²) < 4.78 is 2.06. The molecule has 3 aliphatic heterocycles. The summed E-state index contributed by atoms with van der Waals surface area (Å²) in [4.78, 5) is 49.1. The highest BCUT2D eigenvalue weighted by Crippen LogP contribution is 2.47. The van der Waals surface area contributed by atoms with Crippen LogP contribution in [0, 0.1) is 5.92 Å². The molecule has 50 heavy (non-hydrogen) atoms. The van der Waals surface area contributed by atoms with Crippen molar-refractivity contribution < 1.29 is 14.4 Å². The van der Waals surface area contributed by atoms with Crippen LogP contribution in [0.1, 0.15) is 64.1 Å². The van der Waals surface area contributed by atoms with Gasteiger partial charge in [0.15, 0.2) is 16.7 Å². The topological polar surface area (TPSA) is 154 Å². The zero-order valence-electron chi connectivity index (χ0n) is 27.9. The second-order valence-electron chi connectivity index (χ2n) is 13.4. The van der Waals surface area contributed by atoms with E-state index in [-0.39, 0.29) is 35.3 Å². The molecule has 1 saturated carbocycles. The van der Waals surface area contributed by atoms with E-state index in [9.17, 15) is 14.4 Å². The number of aromatic nitrogens is 5. The van der Waals surface area contributed by atoms with Gasteiger partial charge in [0.1, 0.15) is 5.69 Å². The van der Waals surface area contributed by atoms with Crippen molar-refractivity contribution in [3.8, 4) is 11.1 Å². The van der Waals surface area contributed by atoms with Crippen molar-refractivity contribution in [3.05, 3.63) is 70.4 Å². The average molecular weight is 696 g/mol. The molecule has 0 radical (unpaired) electrons. The summed E-state index contributed by atoms with van der Waals surface area (Å²) in [5.41, 5.74) is 6.38. The Hall–Kier alpha value is -5.08. The average Bonchev–Trinajstić information content (AvgIpc) is 3.72. The molecule has 3 amide bonds. The van der Waals surface area contributed by atoms with Crippen LogP contribution < -0.4 is 20.9 Å². The van der Waals surface area contributed by atoms with Crippen molar-refractivity contribution >= 4 is 52.2 Å². The molecule has 14 nitrogen and oxygen atoms in total. The molecule has 0 bridgehead atoms. The summed E-state index contributed by atoms with van der Waals surface area (Å²) in [6.45, 7) is 4.39. The molecule has 15 heteroatoms. The zero-order chi connectivity index (χ0) is 34.5. The lowest BCUT2D eigenvalue weighted by Gasteiger charge is -2.40. The van der Waals surface area contributed by atoms with Crippen molar-refractivity contribution in [1.29, 1.82) is 0 Å². The summed E-state index contributed by atoms with van der Waals surface area (Å²) in [6, 6.07) is 13.4. The third-order valence-corrected chi connectivity index (χ3v) is 10.1. The van der Waals surface area contributed by atoms with E-state index in [0.717, 1.165) is 85.8 Å². The Morgan fingerprint density at radius 1 is 1.00 bits per heavy atom. The fraction of sp³-hybridized carbons (Fsp3) is 0.400. The summed E-state index contributed by atoms with van der Waals surface area (Å²) >= 11 is 6.89. The zero-order valence-corrected chi connectivity index (χ0v) is 28.7. The van der Waals surface area contributed by atoms with Gasteiger partial charge < -0.3 is 25.8 Å². The molecule has 3 N–H and O–H groups in total. The minimum atomic E-state index is -0.404. The molecule has 1 aromatic carbocycles. The Bertz CT molecular complexity index is 2000. The summed E-state index contributed by atoms with van der Waals surface area (Å²) in [5.74, 6) is -0.222. The lowest BCUT2D eigenvalue weighted by Crippen LogP contribution is -2.48. The van der Waals surface area contributed by atoms with Gasteiger partial charge in [-0.25, -0.2) is 4.98 Å². The van der Waals surface area contributed by atoms with Gasteiger partial charge in [-0.3, -0.25) is 24.0 Å². The normalized spacial score (nSPS) is 17.2. The Morgan fingerprint density at radius 3 is 2.54 bits per heavy atom. The summed E-state index contributed by atoms with van der Waals surface area (Å²) in [6.07, 6.45) is 3.82. The molecule has 0 spiro atoms. The van der Waals surface area contributed by atoms with Gasteiger partial charge in [0.05, 0.1) is 41.0 Å². The standard InChI is InChI=1S/C35H38ClN11O3/c1-37-34(49)30-26(15-28(41-42-30)40-33(48)20-11-12-20)39-24-9-6-8-23-29-27(19-44(2)31(23)24)47(43-32(29)36)22-17-45(18-22)16-21-7-5-10-25(38-21)35(50)46-13-3-4-14-46/h5-10,15,20,22H,3-4,11-14,16-19H2,1-2H3,(H,37,49)(H2,39,40,41,48). The van der Waals surface area contributed by atoms with Crippen LogP contribution in [0.25, 0.3) is 11.1 Å². The number of para-hydroxylation sites is 1. The quantitative estimate of drug-likeness (QED) is 0.233. The minimum absolute atomic E-state index is 0.00463. The minimum Gasteiger partial charge on any atom is -0.366 e. The largest absolute Gasteiger partial charge is 0.366 e. The highest BCUT2D eigenvalue weighted by Gasteiger charge is 2.36. The van der Waals surface area contributed by atoms with Crippen LogP contribution >= 0.6 is 11.6 Å². The van der Waals surface area contributed by atoms with Gasteiger partial charge in [0.25, 0.3) is 11.8 Å². The molecule has 4 aromatic rings. The van der Waals surface area contributed by atoms with E-state index in [2.05, 4.69) is 40.6 Å². The van der Waals surface area contributed by atoms with Gasteiger partial charge in [0, 0.05) is 69.9 Å². The molecule has 0 atom stereocenters. The monoisotopic (exact) mass is 695 g/mol. The maximum absolute atomic E-state index is 12.9. The first-order valence-corrected chi connectivity index (χ1v) is 17.4. The number of carbonyl (C=O) groups is 3. The predicted octanol–water partition coefficient (Wildman–Crippen LogP) is 4.08. The SMILES string of the molecule is CNC(=O)c1nnc(NC(=O)C2CC2)cc1Nc1cccc2c1N(C)Cc1c-2c(Cl)nn1C1CN(Cc2cccc(C(=O)N3CCCC3)n2)C1. The van der Waals surface area contributed by atoms with Crippen LogP contribution in [-0.2, 0) is 17.9 Å². The number of fused-ring (bicyclic) bond motifs is 3. The van der Waals surface area contributed by atoms with Crippen molar-refractivity contribution in [2.45, 2.75) is 44.8 Å². The molecule has 4 aliphatic rings. The molecule has 3 aromatic heterocycles. The van der Waals surface area contributed by atoms with Crippen LogP contribution in [0.2, 0.25) is 5.15 Å². The molecular weight excluding hydrogens is 658 g/mol. The van der Waals surface area contributed by atoms with Crippen LogP contribution in [0.5, 0.6) is 0 Å². The molecule has 0 unspecified atom stereocenters. The number of amides is 3. The highest BCUT2D eigenvalue weighted by molar-refractivity contribution is 6.32. The summed E-state index contributed by atoms with van der Waals surface area (Å²) in [5, 5.41) is 22.3. The van der Waals surface area contributed by atoms with Crippen LogP contribution in [0.4, 0.5) is 22.9 Å². The Kier molecular flexibility index (Phi) is 8.35. The first kappa shape index (κ1) is 32.1. The van der Waals surface area contributed by atoms with Crippen LogP contribution in [-0.4, -0.2) is 92.8 Å². The second kappa shape index (κ2) is 13.0. The van der Waals surface area contributed by atoms with E-state index in [1.807, 2.05) is 42.3 Å². The van der Waals surface area contributed by atoms with Crippen molar-refractivity contribution in [2.24, 2.45) is 5.92 Å². The van der Waals surface area contributed by atoms with E-state index in [1.54, 1.807) is 12.1 Å². The van der Waals surface area contributed by atoms with Gasteiger partial charge in [0.2, 0.25) is 5.91 Å². The number of rotatable bonds is 9. The maximum atomic E-state index is 12.9. The third kappa shape index (κ3) is 6.02. The lowest BCUT2D eigenvalue weighted by molar-refractivity contribution is -0.117.